The minimum atomic E-state index is -3.51. The Labute approximate surface area is 111 Å². The number of nitrogen functional groups attached to an aromatic ring is 1. The lowest BCUT2D eigenvalue weighted by molar-refractivity contribution is 0.585. The van der Waals surface area contributed by atoms with Crippen molar-refractivity contribution in [3.63, 3.8) is 0 Å². The average Bonchev–Trinajstić information content (AvgIpc) is 2.85. The molecule has 5 nitrogen and oxygen atoms in total. The first-order chi connectivity index (χ1) is 8.90. The molecule has 4 N–H and O–H groups in total. The van der Waals surface area contributed by atoms with Gasteiger partial charge in [0, 0.05) is 5.56 Å². The molecule has 0 radical (unpaired) electrons. The van der Waals surface area contributed by atoms with Gasteiger partial charge in [-0.15, -0.1) is 0 Å². The Morgan fingerprint density at radius 3 is 2.58 bits per heavy atom. The Bertz CT molecular complexity index is 595. The quantitative estimate of drug-likeness (QED) is 0.581. The second-order valence-electron chi connectivity index (χ2n) is 4.66. The molecule has 0 saturated heterocycles. The van der Waals surface area contributed by atoms with Crippen LogP contribution >= 0.6 is 0 Å². The smallest absolute Gasteiger partial charge is 0.235 e. The van der Waals surface area contributed by atoms with Crippen molar-refractivity contribution in [2.45, 2.75) is 30.9 Å². The molecule has 2 rings (SSSR count). The van der Waals surface area contributed by atoms with Crippen molar-refractivity contribution in [3.05, 3.63) is 29.6 Å². The molecule has 0 aliphatic heterocycles. The second-order valence-corrected chi connectivity index (χ2v) is 6.62. The molecule has 1 fully saturated rings. The number of benzene rings is 1. The van der Waals surface area contributed by atoms with Crippen molar-refractivity contribution in [1.82, 2.24) is 0 Å². The molecular formula is C12H16FN3O2S. The van der Waals surface area contributed by atoms with Crippen LogP contribution in [0.25, 0.3) is 0 Å². The van der Waals surface area contributed by atoms with Gasteiger partial charge in [0.15, 0.2) is 0 Å². The zero-order valence-corrected chi connectivity index (χ0v) is 11.1. The first-order valence-corrected chi connectivity index (χ1v) is 7.60. The Kier molecular flexibility index (Phi) is 3.75. The molecule has 1 aliphatic rings. The SMILES string of the molecule is N=C(N)c1cc(F)ccc1NS(=O)(=O)C1CCCC1. The van der Waals surface area contributed by atoms with Gasteiger partial charge in [0.2, 0.25) is 10.0 Å². The fourth-order valence-corrected chi connectivity index (χ4v) is 3.87. The number of hydrogen-bond donors (Lipinski definition) is 3. The third-order valence-corrected chi connectivity index (χ3v) is 5.12. The number of rotatable bonds is 4. The topological polar surface area (TPSA) is 96.0 Å². The molecule has 1 aliphatic carbocycles. The van der Waals surface area contributed by atoms with E-state index in [1.807, 2.05) is 0 Å². The number of halogens is 1. The maximum atomic E-state index is 13.1. The van der Waals surface area contributed by atoms with E-state index in [9.17, 15) is 12.8 Å². The van der Waals surface area contributed by atoms with Crippen LogP contribution < -0.4 is 10.5 Å². The molecule has 0 bridgehead atoms. The molecular weight excluding hydrogens is 269 g/mol. The molecule has 1 saturated carbocycles. The fraction of sp³-hybridized carbons (Fsp3) is 0.417. The summed E-state index contributed by atoms with van der Waals surface area (Å²) in [5.74, 6) is -0.933. The standard InChI is InChI=1S/C12H16FN3O2S/c13-8-5-6-11(10(7-8)12(14)15)16-19(17,18)9-3-1-2-4-9/h5-7,9,16H,1-4H2,(H3,14,15). The van der Waals surface area contributed by atoms with Gasteiger partial charge in [0.25, 0.3) is 0 Å². The van der Waals surface area contributed by atoms with E-state index in [1.54, 1.807) is 0 Å². The molecule has 104 valence electrons. The van der Waals surface area contributed by atoms with Gasteiger partial charge in [-0.2, -0.15) is 0 Å². The van der Waals surface area contributed by atoms with Crippen LogP contribution in [0.1, 0.15) is 31.2 Å². The summed E-state index contributed by atoms with van der Waals surface area (Å²) in [6.07, 6.45) is 3.06. The maximum absolute atomic E-state index is 13.1. The van der Waals surface area contributed by atoms with Gasteiger partial charge in [-0.3, -0.25) is 10.1 Å². The first-order valence-electron chi connectivity index (χ1n) is 6.06. The first kappa shape index (κ1) is 13.8. The summed E-state index contributed by atoms with van der Waals surface area (Å²) < 4.78 is 39.8. The summed E-state index contributed by atoms with van der Waals surface area (Å²) in [6, 6.07) is 3.48. The van der Waals surface area contributed by atoms with Crippen LogP contribution in [0.5, 0.6) is 0 Å². The Balaban J connectivity index is 2.30. The van der Waals surface area contributed by atoms with Crippen molar-refractivity contribution in [3.8, 4) is 0 Å². The van der Waals surface area contributed by atoms with E-state index in [4.69, 9.17) is 11.1 Å². The van der Waals surface area contributed by atoms with Crippen molar-refractivity contribution in [2.75, 3.05) is 4.72 Å². The largest absolute Gasteiger partial charge is 0.384 e. The molecule has 0 atom stereocenters. The van der Waals surface area contributed by atoms with E-state index in [-0.39, 0.29) is 17.1 Å². The van der Waals surface area contributed by atoms with Crippen LogP contribution in [0.15, 0.2) is 18.2 Å². The van der Waals surface area contributed by atoms with Gasteiger partial charge in [-0.25, -0.2) is 12.8 Å². The highest BCUT2D eigenvalue weighted by atomic mass is 32.2. The number of nitrogens with two attached hydrogens (primary N) is 1. The van der Waals surface area contributed by atoms with Crippen molar-refractivity contribution >= 4 is 21.5 Å². The van der Waals surface area contributed by atoms with Crippen LogP contribution in [0.4, 0.5) is 10.1 Å². The van der Waals surface area contributed by atoms with Gasteiger partial charge in [-0.1, -0.05) is 12.8 Å². The van der Waals surface area contributed by atoms with Crippen molar-refractivity contribution in [1.29, 1.82) is 5.41 Å². The summed E-state index contributed by atoms with van der Waals surface area (Å²) in [5.41, 5.74) is 5.55. The minimum absolute atomic E-state index is 0.0570. The van der Waals surface area contributed by atoms with Crippen molar-refractivity contribution in [2.24, 2.45) is 5.73 Å². The molecule has 0 amide bonds. The zero-order valence-electron chi connectivity index (χ0n) is 10.3. The molecule has 0 unspecified atom stereocenters. The normalized spacial score (nSPS) is 16.5. The van der Waals surface area contributed by atoms with E-state index in [2.05, 4.69) is 4.72 Å². The van der Waals surface area contributed by atoms with E-state index >= 15 is 0 Å². The van der Waals surface area contributed by atoms with E-state index in [1.165, 1.54) is 6.07 Å². The summed E-state index contributed by atoms with van der Waals surface area (Å²) >= 11 is 0. The number of nitrogens with one attached hydrogen (secondary N) is 2. The highest BCUT2D eigenvalue weighted by Gasteiger charge is 2.29. The van der Waals surface area contributed by atoms with Gasteiger partial charge in [-0.05, 0) is 31.0 Å². The lowest BCUT2D eigenvalue weighted by Crippen LogP contribution is -2.27. The second kappa shape index (κ2) is 5.16. The zero-order chi connectivity index (χ0) is 14.0. The molecule has 1 aromatic rings. The van der Waals surface area contributed by atoms with E-state index < -0.39 is 21.1 Å². The Morgan fingerprint density at radius 1 is 1.37 bits per heavy atom. The molecule has 19 heavy (non-hydrogen) atoms. The molecule has 1 aromatic carbocycles. The van der Waals surface area contributed by atoms with Gasteiger partial charge < -0.3 is 5.73 Å². The van der Waals surface area contributed by atoms with E-state index in [0.29, 0.717) is 12.8 Å². The number of sulfonamides is 1. The van der Waals surface area contributed by atoms with Crippen molar-refractivity contribution < 1.29 is 12.8 Å². The minimum Gasteiger partial charge on any atom is -0.384 e. The third kappa shape index (κ3) is 3.04. The molecule has 0 aromatic heterocycles. The van der Waals surface area contributed by atoms with Gasteiger partial charge in [0.1, 0.15) is 11.7 Å². The number of amidine groups is 1. The third-order valence-electron chi connectivity index (χ3n) is 3.27. The molecule has 0 spiro atoms. The Morgan fingerprint density at radius 2 is 2.00 bits per heavy atom. The number of anilines is 1. The predicted molar refractivity (Wildman–Crippen MR) is 72.2 cm³/mol. The Hall–Kier alpha value is -1.63. The number of hydrogen-bond acceptors (Lipinski definition) is 3. The van der Waals surface area contributed by atoms with Crippen LogP contribution in [-0.4, -0.2) is 19.5 Å². The fourth-order valence-electron chi connectivity index (χ4n) is 2.26. The van der Waals surface area contributed by atoms with Crippen LogP contribution in [-0.2, 0) is 10.0 Å². The van der Waals surface area contributed by atoms with Gasteiger partial charge >= 0.3 is 0 Å². The summed E-state index contributed by atoms with van der Waals surface area (Å²) in [6.45, 7) is 0. The average molecular weight is 285 g/mol. The van der Waals surface area contributed by atoms with E-state index in [0.717, 1.165) is 25.0 Å². The lowest BCUT2D eigenvalue weighted by Gasteiger charge is -2.15. The summed E-state index contributed by atoms with van der Waals surface area (Å²) in [5, 5.41) is 6.95. The highest BCUT2D eigenvalue weighted by Crippen LogP contribution is 2.27. The predicted octanol–water partition coefficient (Wildman–Crippen LogP) is 1.79. The van der Waals surface area contributed by atoms with Crippen LogP contribution in [0.3, 0.4) is 0 Å². The van der Waals surface area contributed by atoms with Gasteiger partial charge in [0.05, 0.1) is 10.9 Å². The lowest BCUT2D eigenvalue weighted by atomic mass is 10.1. The monoisotopic (exact) mass is 285 g/mol. The summed E-state index contributed by atoms with van der Waals surface area (Å²) in [7, 11) is -3.51. The molecule has 7 heteroatoms. The maximum Gasteiger partial charge on any atom is 0.235 e. The molecule has 0 heterocycles. The summed E-state index contributed by atoms with van der Waals surface area (Å²) in [4.78, 5) is 0. The van der Waals surface area contributed by atoms with Crippen LogP contribution in [0.2, 0.25) is 0 Å². The highest BCUT2D eigenvalue weighted by molar-refractivity contribution is 7.93. The van der Waals surface area contributed by atoms with Crippen LogP contribution in [0, 0.1) is 11.2 Å².